The zero-order valence-electron chi connectivity index (χ0n) is 14.8. The van der Waals surface area contributed by atoms with E-state index in [4.69, 9.17) is 4.74 Å². The summed E-state index contributed by atoms with van der Waals surface area (Å²) in [6.07, 6.45) is 6.30. The minimum absolute atomic E-state index is 0.0928. The maximum Gasteiger partial charge on any atom is 0.243 e. The quantitative estimate of drug-likeness (QED) is 0.719. The molecule has 1 atom stereocenters. The number of nitrogens with one attached hydrogen (secondary N) is 1. The van der Waals surface area contributed by atoms with Gasteiger partial charge in [-0.2, -0.15) is 4.39 Å². The summed E-state index contributed by atoms with van der Waals surface area (Å²) in [6.45, 7) is 3.32. The van der Waals surface area contributed by atoms with Gasteiger partial charge in [0.15, 0.2) is 11.6 Å². The molecule has 0 aliphatic heterocycles. The van der Waals surface area contributed by atoms with Crippen LogP contribution < -0.4 is 10.1 Å². The van der Waals surface area contributed by atoms with Gasteiger partial charge in [-0.05, 0) is 31.5 Å². The maximum absolute atomic E-state index is 14.1. The highest BCUT2D eigenvalue weighted by atomic mass is 19.2. The van der Waals surface area contributed by atoms with Gasteiger partial charge in [0.25, 0.3) is 0 Å². The van der Waals surface area contributed by atoms with E-state index >= 15 is 0 Å². The Balaban J connectivity index is 1.73. The molecular formula is C19H18F2N4O2. The monoisotopic (exact) mass is 372 g/mol. The number of pyridine rings is 1. The van der Waals surface area contributed by atoms with Gasteiger partial charge in [0.1, 0.15) is 6.04 Å². The second kappa shape index (κ2) is 7.94. The summed E-state index contributed by atoms with van der Waals surface area (Å²) in [7, 11) is 0. The minimum Gasteiger partial charge on any atom is -0.435 e. The minimum atomic E-state index is -1.08. The molecule has 1 amide bonds. The van der Waals surface area contributed by atoms with Crippen molar-refractivity contribution in [2.24, 2.45) is 0 Å². The van der Waals surface area contributed by atoms with Crippen LogP contribution >= 0.6 is 0 Å². The number of rotatable bonds is 6. The summed E-state index contributed by atoms with van der Waals surface area (Å²) in [5.41, 5.74) is 0.714. The highest BCUT2D eigenvalue weighted by molar-refractivity contribution is 5.79. The predicted molar refractivity (Wildman–Crippen MR) is 94.2 cm³/mol. The zero-order chi connectivity index (χ0) is 19.4. The van der Waals surface area contributed by atoms with Crippen LogP contribution in [0.1, 0.15) is 24.1 Å². The second-order valence-electron chi connectivity index (χ2n) is 5.98. The Bertz CT molecular complexity index is 945. The molecule has 0 saturated heterocycles. The lowest BCUT2D eigenvalue weighted by molar-refractivity contribution is -0.124. The van der Waals surface area contributed by atoms with Crippen molar-refractivity contribution in [1.82, 2.24) is 19.9 Å². The van der Waals surface area contributed by atoms with E-state index in [9.17, 15) is 13.6 Å². The van der Waals surface area contributed by atoms with E-state index in [1.807, 2.05) is 0 Å². The first kappa shape index (κ1) is 18.5. The second-order valence-corrected chi connectivity index (χ2v) is 5.98. The van der Waals surface area contributed by atoms with Crippen molar-refractivity contribution in [2.75, 3.05) is 0 Å². The molecule has 1 unspecified atom stereocenters. The van der Waals surface area contributed by atoms with Crippen molar-refractivity contribution in [3.8, 4) is 11.6 Å². The molecule has 3 rings (SSSR count). The van der Waals surface area contributed by atoms with Crippen molar-refractivity contribution in [3.63, 3.8) is 0 Å². The summed E-state index contributed by atoms with van der Waals surface area (Å²) in [5, 5.41) is 2.77. The summed E-state index contributed by atoms with van der Waals surface area (Å²) in [5.74, 6) is -2.45. The molecule has 0 aliphatic rings. The smallest absolute Gasteiger partial charge is 0.243 e. The average Bonchev–Trinajstić information content (AvgIpc) is 3.21. The molecular weight excluding hydrogens is 354 g/mol. The number of hydrogen-bond acceptors (Lipinski definition) is 4. The first-order valence-electron chi connectivity index (χ1n) is 8.29. The number of nitrogens with zero attached hydrogens (tertiary/aromatic N) is 3. The molecule has 2 aromatic heterocycles. The topological polar surface area (TPSA) is 69.0 Å². The van der Waals surface area contributed by atoms with Gasteiger partial charge >= 0.3 is 0 Å². The van der Waals surface area contributed by atoms with E-state index in [1.54, 1.807) is 42.3 Å². The van der Waals surface area contributed by atoms with Gasteiger partial charge in [0, 0.05) is 30.7 Å². The largest absolute Gasteiger partial charge is 0.435 e. The molecule has 140 valence electrons. The van der Waals surface area contributed by atoms with Crippen LogP contribution in [0.5, 0.6) is 11.6 Å². The third kappa shape index (κ3) is 4.11. The van der Waals surface area contributed by atoms with Gasteiger partial charge in [-0.15, -0.1) is 0 Å². The SMILES string of the molecule is Cc1ccc(Oc2ncccc2CNC(=O)C(C)n2ccnc2)c(F)c1F. The van der Waals surface area contributed by atoms with Crippen LogP contribution in [0.2, 0.25) is 0 Å². The molecule has 1 N–H and O–H groups in total. The van der Waals surface area contributed by atoms with E-state index in [-0.39, 0.29) is 29.6 Å². The molecule has 0 radical (unpaired) electrons. The van der Waals surface area contributed by atoms with Crippen molar-refractivity contribution in [3.05, 3.63) is 71.9 Å². The number of imidazole rings is 1. The molecule has 0 aliphatic carbocycles. The van der Waals surface area contributed by atoms with Gasteiger partial charge < -0.3 is 14.6 Å². The van der Waals surface area contributed by atoms with Crippen LogP contribution in [0.4, 0.5) is 8.78 Å². The number of benzene rings is 1. The molecule has 6 nitrogen and oxygen atoms in total. The number of hydrogen-bond donors (Lipinski definition) is 1. The Morgan fingerprint density at radius 3 is 2.81 bits per heavy atom. The molecule has 3 aromatic rings. The van der Waals surface area contributed by atoms with Crippen molar-refractivity contribution in [1.29, 1.82) is 0 Å². The fraction of sp³-hybridized carbons (Fsp3) is 0.211. The molecule has 0 bridgehead atoms. The molecule has 27 heavy (non-hydrogen) atoms. The van der Waals surface area contributed by atoms with Gasteiger partial charge in [-0.3, -0.25) is 4.79 Å². The number of aromatic nitrogens is 3. The Morgan fingerprint density at radius 2 is 2.07 bits per heavy atom. The summed E-state index contributed by atoms with van der Waals surface area (Å²) in [6, 6.07) is 5.67. The molecule has 1 aromatic carbocycles. The average molecular weight is 372 g/mol. The molecule has 2 heterocycles. The van der Waals surface area contributed by atoms with Crippen LogP contribution in [0, 0.1) is 18.6 Å². The zero-order valence-corrected chi connectivity index (χ0v) is 14.8. The summed E-state index contributed by atoms with van der Waals surface area (Å²) in [4.78, 5) is 20.3. The van der Waals surface area contributed by atoms with Crippen molar-refractivity contribution >= 4 is 5.91 Å². The van der Waals surface area contributed by atoms with Crippen molar-refractivity contribution < 1.29 is 18.3 Å². The third-order valence-corrected chi connectivity index (χ3v) is 4.10. The van der Waals surface area contributed by atoms with Gasteiger partial charge in [-0.1, -0.05) is 12.1 Å². The highest BCUT2D eigenvalue weighted by Gasteiger charge is 2.17. The van der Waals surface area contributed by atoms with Gasteiger partial charge in [0.2, 0.25) is 17.6 Å². The summed E-state index contributed by atoms with van der Waals surface area (Å²) < 4.78 is 34.9. The Morgan fingerprint density at radius 1 is 1.26 bits per heavy atom. The van der Waals surface area contributed by atoms with Crippen LogP contribution in [0.15, 0.2) is 49.2 Å². The number of amides is 1. The predicted octanol–water partition coefficient (Wildman–Crippen LogP) is 3.53. The molecule has 0 saturated carbocycles. The number of carbonyl (C=O) groups excluding carboxylic acids is 1. The lowest BCUT2D eigenvalue weighted by Crippen LogP contribution is -2.30. The standard InChI is InChI=1S/C19H18F2N4O2/c1-12-5-6-15(17(21)16(12)20)27-19-14(4-3-7-23-19)10-24-18(26)13(2)25-9-8-22-11-25/h3-9,11,13H,10H2,1-2H3,(H,24,26). The lowest BCUT2D eigenvalue weighted by Gasteiger charge is -2.15. The van der Waals surface area contributed by atoms with Crippen LogP contribution in [0.3, 0.4) is 0 Å². The third-order valence-electron chi connectivity index (χ3n) is 4.10. The van der Waals surface area contributed by atoms with E-state index in [0.717, 1.165) is 0 Å². The molecule has 0 spiro atoms. The first-order valence-corrected chi connectivity index (χ1v) is 8.29. The van der Waals surface area contributed by atoms with Crippen LogP contribution in [-0.4, -0.2) is 20.4 Å². The normalized spacial score (nSPS) is 11.9. The number of halogens is 2. The Hall–Kier alpha value is -3.29. The van der Waals surface area contributed by atoms with Gasteiger partial charge in [0.05, 0.1) is 6.33 Å². The van der Waals surface area contributed by atoms with Crippen molar-refractivity contribution in [2.45, 2.75) is 26.4 Å². The number of aryl methyl sites for hydroxylation is 1. The first-order chi connectivity index (χ1) is 13.0. The van der Waals surface area contributed by atoms with E-state index in [2.05, 4.69) is 15.3 Å². The fourth-order valence-electron chi connectivity index (χ4n) is 2.43. The highest BCUT2D eigenvalue weighted by Crippen LogP contribution is 2.28. The Kier molecular flexibility index (Phi) is 5.44. The van der Waals surface area contributed by atoms with Crippen LogP contribution in [0.25, 0.3) is 0 Å². The van der Waals surface area contributed by atoms with E-state index in [0.29, 0.717) is 5.56 Å². The lowest BCUT2D eigenvalue weighted by atomic mass is 10.2. The Labute approximate surface area is 154 Å². The summed E-state index contributed by atoms with van der Waals surface area (Å²) >= 11 is 0. The molecule has 8 heteroatoms. The number of carbonyl (C=O) groups is 1. The van der Waals surface area contributed by atoms with Gasteiger partial charge in [-0.25, -0.2) is 14.4 Å². The number of ether oxygens (including phenoxy) is 1. The van der Waals surface area contributed by atoms with E-state index in [1.165, 1.54) is 25.3 Å². The van der Waals surface area contributed by atoms with E-state index < -0.39 is 17.7 Å². The van der Waals surface area contributed by atoms with Crippen LogP contribution in [-0.2, 0) is 11.3 Å². The molecule has 0 fully saturated rings. The maximum atomic E-state index is 14.1. The fourth-order valence-corrected chi connectivity index (χ4v) is 2.43.